The van der Waals surface area contributed by atoms with Gasteiger partial charge in [-0.05, 0) is 20.3 Å². The minimum atomic E-state index is -0.894. The molecule has 1 amide bonds. The number of amides is 1. The van der Waals surface area contributed by atoms with Crippen molar-refractivity contribution in [2.45, 2.75) is 27.2 Å². The molecule has 0 aliphatic heterocycles. The second-order valence-electron chi connectivity index (χ2n) is 2.99. The zero-order chi connectivity index (χ0) is 8.91. The van der Waals surface area contributed by atoms with E-state index in [1.165, 1.54) is 0 Å². The van der Waals surface area contributed by atoms with Crippen LogP contribution in [0.5, 0.6) is 0 Å². The number of rotatable bonds is 3. The van der Waals surface area contributed by atoms with Gasteiger partial charge in [0.25, 0.3) is 0 Å². The molecule has 0 aliphatic rings. The number of nitrogens with zero attached hydrogens (tertiary/aromatic N) is 1. The second-order valence-corrected chi connectivity index (χ2v) is 2.99. The normalized spacial score (nSPS) is 10.4. The molecule has 0 unspecified atom stereocenters. The Hall–Kier alpha value is -1.04. The summed E-state index contributed by atoms with van der Waals surface area (Å²) in [5.74, 6) is -0.193. The van der Waals surface area contributed by atoms with Crippen molar-refractivity contribution in [1.82, 2.24) is 5.32 Å². The fourth-order valence-corrected chi connectivity index (χ4v) is 0.510. The zero-order valence-corrected chi connectivity index (χ0v) is 7.27. The van der Waals surface area contributed by atoms with Crippen LogP contribution in [0.15, 0.2) is 0 Å². The van der Waals surface area contributed by atoms with Crippen LogP contribution < -0.4 is 5.32 Å². The van der Waals surface area contributed by atoms with E-state index >= 15 is 0 Å². The summed E-state index contributed by atoms with van der Waals surface area (Å²) in [6.07, 6.45) is 0.896. The second kappa shape index (κ2) is 3.97. The standard InChI is InChI=1S/C8H14N2O/c1-4-5-10-7(11)8(2,3)6-9/h4-5H2,1-3H3,(H,10,11). The molecule has 1 N–H and O–H groups in total. The molecule has 3 nitrogen and oxygen atoms in total. The fourth-order valence-electron chi connectivity index (χ4n) is 0.510. The molecule has 0 aliphatic carbocycles. The summed E-state index contributed by atoms with van der Waals surface area (Å²) in [6.45, 7) is 5.83. The van der Waals surface area contributed by atoms with E-state index < -0.39 is 5.41 Å². The predicted octanol–water partition coefficient (Wildman–Crippen LogP) is 1.06. The molecule has 0 aromatic heterocycles. The molecular weight excluding hydrogens is 140 g/mol. The summed E-state index contributed by atoms with van der Waals surface area (Å²) < 4.78 is 0. The van der Waals surface area contributed by atoms with Crippen molar-refractivity contribution < 1.29 is 4.79 Å². The van der Waals surface area contributed by atoms with Crippen LogP contribution in [0.2, 0.25) is 0 Å². The number of carbonyl (C=O) groups is 1. The van der Waals surface area contributed by atoms with E-state index in [0.717, 1.165) is 6.42 Å². The van der Waals surface area contributed by atoms with Crippen molar-refractivity contribution in [1.29, 1.82) is 5.26 Å². The molecule has 0 bridgehead atoms. The van der Waals surface area contributed by atoms with E-state index in [0.29, 0.717) is 6.54 Å². The number of hydrogen-bond acceptors (Lipinski definition) is 2. The molecule has 0 fully saturated rings. The van der Waals surface area contributed by atoms with Crippen LogP contribution in [0.25, 0.3) is 0 Å². The Balaban J connectivity index is 3.95. The monoisotopic (exact) mass is 154 g/mol. The lowest BCUT2D eigenvalue weighted by Gasteiger charge is -2.13. The Morgan fingerprint density at radius 1 is 1.64 bits per heavy atom. The van der Waals surface area contributed by atoms with E-state index in [2.05, 4.69) is 5.32 Å². The Kier molecular flexibility index (Phi) is 3.59. The SMILES string of the molecule is CCCNC(=O)C(C)(C)C#N. The van der Waals surface area contributed by atoms with Crippen molar-refractivity contribution in [2.24, 2.45) is 5.41 Å². The minimum Gasteiger partial charge on any atom is -0.355 e. The molecule has 0 rings (SSSR count). The van der Waals surface area contributed by atoms with E-state index in [1.54, 1.807) is 13.8 Å². The summed E-state index contributed by atoms with van der Waals surface area (Å²) >= 11 is 0. The van der Waals surface area contributed by atoms with E-state index in [1.807, 2.05) is 13.0 Å². The quantitative estimate of drug-likeness (QED) is 0.660. The third kappa shape index (κ3) is 3.03. The lowest BCUT2D eigenvalue weighted by molar-refractivity contribution is -0.126. The molecule has 0 spiro atoms. The topological polar surface area (TPSA) is 52.9 Å². The number of hydrogen-bond donors (Lipinski definition) is 1. The molecule has 0 heterocycles. The summed E-state index contributed by atoms with van der Waals surface area (Å²) in [6, 6.07) is 1.94. The van der Waals surface area contributed by atoms with Gasteiger partial charge in [-0.15, -0.1) is 0 Å². The van der Waals surface area contributed by atoms with Crippen LogP contribution in [-0.2, 0) is 4.79 Å². The first-order valence-electron chi connectivity index (χ1n) is 3.74. The van der Waals surface area contributed by atoms with Crippen molar-refractivity contribution >= 4 is 5.91 Å². The predicted molar refractivity (Wildman–Crippen MR) is 42.7 cm³/mol. The summed E-state index contributed by atoms with van der Waals surface area (Å²) in [4.78, 5) is 11.1. The molecule has 0 aromatic carbocycles. The molecule has 0 radical (unpaired) electrons. The highest BCUT2D eigenvalue weighted by Crippen LogP contribution is 2.12. The Labute approximate surface area is 67.4 Å². The van der Waals surface area contributed by atoms with Crippen molar-refractivity contribution in [3.63, 3.8) is 0 Å². The molecule has 11 heavy (non-hydrogen) atoms. The molecule has 0 saturated carbocycles. The first-order valence-corrected chi connectivity index (χ1v) is 3.74. The Morgan fingerprint density at radius 2 is 2.18 bits per heavy atom. The van der Waals surface area contributed by atoms with Gasteiger partial charge in [0.15, 0.2) is 0 Å². The van der Waals surface area contributed by atoms with Gasteiger partial charge in [0.05, 0.1) is 6.07 Å². The van der Waals surface area contributed by atoms with Gasteiger partial charge in [0.1, 0.15) is 5.41 Å². The highest BCUT2D eigenvalue weighted by atomic mass is 16.2. The lowest BCUT2D eigenvalue weighted by atomic mass is 9.95. The van der Waals surface area contributed by atoms with Gasteiger partial charge in [-0.1, -0.05) is 6.92 Å². The largest absolute Gasteiger partial charge is 0.355 e. The lowest BCUT2D eigenvalue weighted by Crippen LogP contribution is -2.36. The summed E-state index contributed by atoms with van der Waals surface area (Å²) in [7, 11) is 0. The summed E-state index contributed by atoms with van der Waals surface area (Å²) in [5, 5.41) is 11.2. The maximum absolute atomic E-state index is 11.1. The molecule has 3 heteroatoms. The smallest absolute Gasteiger partial charge is 0.239 e. The van der Waals surface area contributed by atoms with Gasteiger partial charge in [0, 0.05) is 6.54 Å². The van der Waals surface area contributed by atoms with Crippen LogP contribution in [0.3, 0.4) is 0 Å². The number of nitriles is 1. The van der Waals surface area contributed by atoms with Gasteiger partial charge >= 0.3 is 0 Å². The third-order valence-corrected chi connectivity index (χ3v) is 1.38. The highest BCUT2D eigenvalue weighted by Gasteiger charge is 2.26. The first kappa shape index (κ1) is 9.96. The maximum Gasteiger partial charge on any atom is 0.239 e. The van der Waals surface area contributed by atoms with E-state index in [4.69, 9.17) is 5.26 Å². The maximum atomic E-state index is 11.1. The molecule has 0 saturated heterocycles. The average molecular weight is 154 g/mol. The molecule has 62 valence electrons. The Morgan fingerprint density at radius 3 is 2.55 bits per heavy atom. The van der Waals surface area contributed by atoms with Crippen LogP contribution in [0.4, 0.5) is 0 Å². The van der Waals surface area contributed by atoms with Gasteiger partial charge in [-0.3, -0.25) is 4.79 Å². The number of nitrogens with one attached hydrogen (secondary N) is 1. The fraction of sp³-hybridized carbons (Fsp3) is 0.750. The zero-order valence-electron chi connectivity index (χ0n) is 7.27. The average Bonchev–Trinajstić information content (AvgIpc) is 2.00. The molecule has 0 atom stereocenters. The van der Waals surface area contributed by atoms with Gasteiger partial charge in [-0.25, -0.2) is 0 Å². The molecule has 0 aromatic rings. The number of carbonyl (C=O) groups excluding carboxylic acids is 1. The van der Waals surface area contributed by atoms with E-state index in [-0.39, 0.29) is 5.91 Å². The summed E-state index contributed by atoms with van der Waals surface area (Å²) in [5.41, 5.74) is -0.894. The van der Waals surface area contributed by atoms with Gasteiger partial charge in [-0.2, -0.15) is 5.26 Å². The molecular formula is C8H14N2O. The van der Waals surface area contributed by atoms with Crippen LogP contribution in [0.1, 0.15) is 27.2 Å². The van der Waals surface area contributed by atoms with Crippen molar-refractivity contribution in [2.75, 3.05) is 6.54 Å². The van der Waals surface area contributed by atoms with Crippen molar-refractivity contribution in [3.05, 3.63) is 0 Å². The van der Waals surface area contributed by atoms with Crippen LogP contribution in [-0.4, -0.2) is 12.5 Å². The third-order valence-electron chi connectivity index (χ3n) is 1.38. The minimum absolute atomic E-state index is 0.193. The van der Waals surface area contributed by atoms with E-state index in [9.17, 15) is 4.79 Å². The van der Waals surface area contributed by atoms with Gasteiger partial charge in [0.2, 0.25) is 5.91 Å². The van der Waals surface area contributed by atoms with Gasteiger partial charge < -0.3 is 5.32 Å². The van der Waals surface area contributed by atoms with Crippen LogP contribution in [0, 0.1) is 16.7 Å². The van der Waals surface area contributed by atoms with Crippen molar-refractivity contribution in [3.8, 4) is 6.07 Å². The van der Waals surface area contributed by atoms with Crippen LogP contribution >= 0.6 is 0 Å². The first-order chi connectivity index (χ1) is 5.04. The highest BCUT2D eigenvalue weighted by molar-refractivity contribution is 5.84. The Bertz CT molecular complexity index is 179.